The van der Waals surface area contributed by atoms with Gasteiger partial charge in [0.2, 0.25) is 0 Å². The number of nitrogens with zero attached hydrogens (tertiary/aromatic N) is 1. The second-order valence-corrected chi connectivity index (χ2v) is 3.85. The maximum absolute atomic E-state index is 4.04. The van der Waals surface area contributed by atoms with E-state index in [2.05, 4.69) is 42.2 Å². The highest BCUT2D eigenvalue weighted by Crippen LogP contribution is 2.18. The van der Waals surface area contributed by atoms with Gasteiger partial charge in [-0.2, -0.15) is 5.10 Å². The summed E-state index contributed by atoms with van der Waals surface area (Å²) in [6.07, 6.45) is 3.03. The lowest BCUT2D eigenvalue weighted by Crippen LogP contribution is -1.93. The first-order valence-corrected chi connectivity index (χ1v) is 4.68. The highest BCUT2D eigenvalue weighted by atomic mass is 15.1. The van der Waals surface area contributed by atoms with Crippen molar-refractivity contribution in [3.63, 3.8) is 0 Å². The second kappa shape index (κ2) is 3.21. The van der Waals surface area contributed by atoms with E-state index in [1.807, 2.05) is 6.20 Å². The van der Waals surface area contributed by atoms with E-state index in [1.54, 1.807) is 0 Å². The molecule has 0 saturated carbocycles. The van der Waals surface area contributed by atoms with Crippen molar-refractivity contribution in [1.82, 2.24) is 10.2 Å². The van der Waals surface area contributed by atoms with Crippen LogP contribution in [0, 0.1) is 5.92 Å². The second-order valence-electron chi connectivity index (χ2n) is 3.85. The van der Waals surface area contributed by atoms with Crippen LogP contribution in [-0.4, -0.2) is 10.2 Å². The molecule has 0 atom stereocenters. The van der Waals surface area contributed by atoms with Gasteiger partial charge in [0.1, 0.15) is 0 Å². The van der Waals surface area contributed by atoms with Crippen LogP contribution < -0.4 is 0 Å². The number of hydrogen-bond donors (Lipinski definition) is 1. The van der Waals surface area contributed by atoms with Crippen LogP contribution in [0.2, 0.25) is 0 Å². The number of fused-ring (bicyclic) bond motifs is 1. The SMILES string of the molecule is CC(C)Cc1cccc2[nH]ncc12. The Hall–Kier alpha value is -1.31. The fourth-order valence-electron chi connectivity index (χ4n) is 1.65. The Morgan fingerprint density at radius 2 is 2.23 bits per heavy atom. The standard InChI is InChI=1S/C11H14N2/c1-8(2)6-9-4-3-5-11-10(9)7-12-13-11/h3-5,7-8H,6H2,1-2H3,(H,12,13). The van der Waals surface area contributed by atoms with Crippen LogP contribution in [-0.2, 0) is 6.42 Å². The molecule has 0 radical (unpaired) electrons. The molecule has 0 saturated heterocycles. The minimum absolute atomic E-state index is 0.695. The summed E-state index contributed by atoms with van der Waals surface area (Å²) in [6, 6.07) is 6.32. The predicted octanol–water partition coefficient (Wildman–Crippen LogP) is 2.76. The summed E-state index contributed by atoms with van der Waals surface area (Å²) in [7, 11) is 0. The summed E-state index contributed by atoms with van der Waals surface area (Å²) in [4.78, 5) is 0. The first-order valence-electron chi connectivity index (χ1n) is 4.68. The number of aromatic nitrogens is 2. The zero-order valence-corrected chi connectivity index (χ0v) is 8.04. The van der Waals surface area contributed by atoms with Gasteiger partial charge in [-0.3, -0.25) is 5.10 Å². The molecule has 0 aliphatic rings. The number of H-pyrrole nitrogens is 1. The van der Waals surface area contributed by atoms with Crippen molar-refractivity contribution in [1.29, 1.82) is 0 Å². The van der Waals surface area contributed by atoms with Crippen molar-refractivity contribution >= 4 is 10.9 Å². The van der Waals surface area contributed by atoms with Crippen LogP contribution in [0.5, 0.6) is 0 Å². The lowest BCUT2D eigenvalue weighted by atomic mass is 10.0. The molecule has 1 aromatic carbocycles. The van der Waals surface area contributed by atoms with Gasteiger partial charge in [0, 0.05) is 5.39 Å². The van der Waals surface area contributed by atoms with Crippen LogP contribution in [0.3, 0.4) is 0 Å². The van der Waals surface area contributed by atoms with E-state index < -0.39 is 0 Å². The molecule has 0 aliphatic carbocycles. The third-order valence-electron chi connectivity index (χ3n) is 2.20. The average Bonchev–Trinajstić information content (AvgIpc) is 2.51. The van der Waals surface area contributed by atoms with Gasteiger partial charge < -0.3 is 0 Å². The van der Waals surface area contributed by atoms with Gasteiger partial charge in [-0.05, 0) is 24.0 Å². The monoisotopic (exact) mass is 174 g/mol. The summed E-state index contributed by atoms with van der Waals surface area (Å²) >= 11 is 0. The Balaban J connectivity index is 2.48. The fraction of sp³-hybridized carbons (Fsp3) is 0.364. The van der Waals surface area contributed by atoms with Gasteiger partial charge in [-0.25, -0.2) is 0 Å². The molecule has 1 aromatic heterocycles. The number of hydrogen-bond acceptors (Lipinski definition) is 1. The van der Waals surface area contributed by atoms with Crippen molar-refractivity contribution < 1.29 is 0 Å². The first kappa shape index (κ1) is 8.30. The van der Waals surface area contributed by atoms with Crippen molar-refractivity contribution in [2.75, 3.05) is 0 Å². The van der Waals surface area contributed by atoms with Crippen LogP contribution in [0.25, 0.3) is 10.9 Å². The van der Waals surface area contributed by atoms with E-state index in [-0.39, 0.29) is 0 Å². The van der Waals surface area contributed by atoms with E-state index in [9.17, 15) is 0 Å². The molecule has 68 valence electrons. The molecule has 2 rings (SSSR count). The van der Waals surface area contributed by atoms with Crippen LogP contribution in [0.15, 0.2) is 24.4 Å². The lowest BCUT2D eigenvalue weighted by Gasteiger charge is -2.05. The first-order chi connectivity index (χ1) is 6.27. The number of nitrogens with one attached hydrogen (secondary N) is 1. The predicted molar refractivity (Wildman–Crippen MR) is 54.6 cm³/mol. The van der Waals surface area contributed by atoms with Crippen molar-refractivity contribution in [2.24, 2.45) is 5.92 Å². The Bertz CT molecular complexity index is 401. The molecular weight excluding hydrogens is 160 g/mol. The quantitative estimate of drug-likeness (QED) is 0.745. The van der Waals surface area contributed by atoms with Gasteiger partial charge in [-0.15, -0.1) is 0 Å². The molecule has 1 heterocycles. The largest absolute Gasteiger partial charge is 0.278 e. The van der Waals surface area contributed by atoms with Crippen molar-refractivity contribution in [2.45, 2.75) is 20.3 Å². The number of benzene rings is 1. The van der Waals surface area contributed by atoms with E-state index in [4.69, 9.17) is 0 Å². The van der Waals surface area contributed by atoms with Crippen molar-refractivity contribution in [3.8, 4) is 0 Å². The molecule has 2 aromatic rings. The topological polar surface area (TPSA) is 28.7 Å². The molecule has 0 amide bonds. The molecule has 0 spiro atoms. The van der Waals surface area contributed by atoms with Crippen LogP contribution >= 0.6 is 0 Å². The third kappa shape index (κ3) is 1.57. The maximum Gasteiger partial charge on any atom is 0.0653 e. The number of aromatic amines is 1. The van der Waals surface area contributed by atoms with E-state index in [0.717, 1.165) is 11.9 Å². The van der Waals surface area contributed by atoms with Crippen LogP contribution in [0.1, 0.15) is 19.4 Å². The summed E-state index contributed by atoms with van der Waals surface area (Å²) in [5, 5.41) is 8.29. The molecular formula is C11H14N2. The molecule has 0 aliphatic heterocycles. The normalized spacial score (nSPS) is 11.3. The van der Waals surface area contributed by atoms with Gasteiger partial charge in [-0.1, -0.05) is 26.0 Å². The van der Waals surface area contributed by atoms with Gasteiger partial charge in [0.15, 0.2) is 0 Å². The fourth-order valence-corrected chi connectivity index (χ4v) is 1.65. The summed E-state index contributed by atoms with van der Waals surface area (Å²) in [5.74, 6) is 0.695. The zero-order valence-electron chi connectivity index (χ0n) is 8.04. The Morgan fingerprint density at radius 1 is 1.38 bits per heavy atom. The molecule has 0 unspecified atom stereocenters. The summed E-state index contributed by atoms with van der Waals surface area (Å²) in [6.45, 7) is 4.47. The van der Waals surface area contributed by atoms with Gasteiger partial charge >= 0.3 is 0 Å². The Kier molecular flexibility index (Phi) is 2.05. The van der Waals surface area contributed by atoms with Gasteiger partial charge in [0.25, 0.3) is 0 Å². The van der Waals surface area contributed by atoms with E-state index >= 15 is 0 Å². The smallest absolute Gasteiger partial charge is 0.0653 e. The van der Waals surface area contributed by atoms with Gasteiger partial charge in [0.05, 0.1) is 11.7 Å². The Morgan fingerprint density at radius 3 is 3.00 bits per heavy atom. The minimum atomic E-state index is 0.695. The number of rotatable bonds is 2. The molecule has 13 heavy (non-hydrogen) atoms. The lowest BCUT2D eigenvalue weighted by molar-refractivity contribution is 0.650. The third-order valence-corrected chi connectivity index (χ3v) is 2.20. The molecule has 2 nitrogen and oxygen atoms in total. The molecule has 2 heteroatoms. The minimum Gasteiger partial charge on any atom is -0.278 e. The van der Waals surface area contributed by atoms with Crippen LogP contribution in [0.4, 0.5) is 0 Å². The molecule has 1 N–H and O–H groups in total. The summed E-state index contributed by atoms with van der Waals surface area (Å²) in [5.41, 5.74) is 2.53. The highest BCUT2D eigenvalue weighted by Gasteiger charge is 2.03. The Labute approximate surface area is 78.0 Å². The molecule has 0 fully saturated rings. The van der Waals surface area contributed by atoms with E-state index in [1.165, 1.54) is 10.9 Å². The summed E-state index contributed by atoms with van der Waals surface area (Å²) < 4.78 is 0. The maximum atomic E-state index is 4.04. The average molecular weight is 174 g/mol. The highest BCUT2D eigenvalue weighted by molar-refractivity contribution is 5.81. The zero-order chi connectivity index (χ0) is 9.26. The van der Waals surface area contributed by atoms with E-state index in [0.29, 0.717) is 5.92 Å². The van der Waals surface area contributed by atoms with Crippen molar-refractivity contribution in [3.05, 3.63) is 30.0 Å². The molecule has 0 bridgehead atoms.